The van der Waals surface area contributed by atoms with Crippen LogP contribution in [0, 0.1) is 35.2 Å². The number of benzene rings is 3. The zero-order valence-corrected chi connectivity index (χ0v) is 29.2. The van der Waals surface area contributed by atoms with Crippen molar-refractivity contribution in [3.8, 4) is 22.3 Å². The van der Waals surface area contributed by atoms with E-state index >= 15 is 8.78 Å². The molecule has 3 aromatic carbocycles. The molecule has 1 N–H and O–H groups in total. The molecule has 0 saturated heterocycles. The Balaban J connectivity index is 1.11. The number of aliphatic hydroxyl groups excluding tert-OH is 1. The molecule has 0 aromatic heterocycles. The van der Waals surface area contributed by atoms with Crippen LogP contribution in [0.2, 0.25) is 0 Å². The standard InChI is InChI=1S/C44H57F3O/c1-2-3-4-5-6-7-8-9-13-38-26-29-41(44(47)43(38)46)37-24-22-36(23-25-37)40-28-27-39(31-42(40)45)35-20-18-34(19-21-35)33-16-14-32(15-17-33)12-10-11-30-48/h11,22-35,48H,2-10,12-21H2,1H3/b30-11+. The molecule has 2 saturated carbocycles. The Labute approximate surface area is 288 Å². The summed E-state index contributed by atoms with van der Waals surface area (Å²) >= 11 is 0. The molecule has 0 unspecified atom stereocenters. The number of hydrogen-bond donors (Lipinski definition) is 1. The highest BCUT2D eigenvalue weighted by atomic mass is 19.2. The summed E-state index contributed by atoms with van der Waals surface area (Å²) in [6, 6.07) is 16.2. The molecular formula is C44H57F3O. The maximum atomic E-state index is 15.5. The number of aliphatic hydroxyl groups is 1. The van der Waals surface area contributed by atoms with Crippen LogP contribution in [0.3, 0.4) is 0 Å². The van der Waals surface area contributed by atoms with E-state index in [0.29, 0.717) is 29.0 Å². The van der Waals surface area contributed by atoms with Crippen LogP contribution in [0.1, 0.15) is 140 Å². The van der Waals surface area contributed by atoms with Crippen LogP contribution >= 0.6 is 0 Å². The Kier molecular flexibility index (Phi) is 14.1. The lowest BCUT2D eigenvalue weighted by Gasteiger charge is -2.38. The van der Waals surface area contributed by atoms with Crippen molar-refractivity contribution in [3.63, 3.8) is 0 Å². The second kappa shape index (κ2) is 18.7. The van der Waals surface area contributed by atoms with E-state index < -0.39 is 11.6 Å². The third-order valence-electron chi connectivity index (χ3n) is 11.6. The van der Waals surface area contributed by atoms with Gasteiger partial charge in [-0.05, 0) is 116 Å². The molecule has 1 nitrogen and oxygen atoms in total. The molecule has 0 amide bonds. The second-order valence-corrected chi connectivity index (χ2v) is 14.8. The van der Waals surface area contributed by atoms with Crippen molar-refractivity contribution < 1.29 is 18.3 Å². The molecule has 0 bridgehead atoms. The third-order valence-corrected chi connectivity index (χ3v) is 11.6. The minimum Gasteiger partial charge on any atom is -0.516 e. The lowest BCUT2D eigenvalue weighted by molar-refractivity contribution is 0.157. The summed E-state index contributed by atoms with van der Waals surface area (Å²) in [5.74, 6) is 1.07. The summed E-state index contributed by atoms with van der Waals surface area (Å²) in [5.41, 5.74) is 3.65. The monoisotopic (exact) mass is 658 g/mol. The van der Waals surface area contributed by atoms with Gasteiger partial charge in [-0.25, -0.2) is 13.2 Å². The Hall–Kier alpha value is -3.01. The molecule has 2 aliphatic carbocycles. The van der Waals surface area contributed by atoms with Gasteiger partial charge in [0.25, 0.3) is 0 Å². The largest absolute Gasteiger partial charge is 0.516 e. The van der Waals surface area contributed by atoms with Crippen molar-refractivity contribution >= 4 is 0 Å². The van der Waals surface area contributed by atoms with Gasteiger partial charge in [0.05, 0.1) is 6.26 Å². The number of hydrogen-bond acceptors (Lipinski definition) is 1. The van der Waals surface area contributed by atoms with E-state index in [2.05, 4.69) is 13.0 Å². The van der Waals surface area contributed by atoms with Gasteiger partial charge in [-0.15, -0.1) is 0 Å². The van der Waals surface area contributed by atoms with E-state index in [1.807, 2.05) is 24.3 Å². The molecule has 0 heterocycles. The minimum absolute atomic E-state index is 0.223. The summed E-state index contributed by atoms with van der Waals surface area (Å²) in [6.45, 7) is 2.22. The van der Waals surface area contributed by atoms with Crippen LogP contribution in [0.15, 0.2) is 66.9 Å². The second-order valence-electron chi connectivity index (χ2n) is 14.8. The molecule has 0 radical (unpaired) electrons. The van der Waals surface area contributed by atoms with Crippen molar-refractivity contribution in [1.82, 2.24) is 0 Å². The summed E-state index contributed by atoms with van der Waals surface area (Å²) in [6.07, 6.45) is 25.1. The molecule has 2 fully saturated rings. The van der Waals surface area contributed by atoms with Crippen LogP contribution in [0.5, 0.6) is 0 Å². The average Bonchev–Trinajstić information content (AvgIpc) is 3.12. The van der Waals surface area contributed by atoms with Gasteiger partial charge in [-0.1, -0.05) is 119 Å². The highest BCUT2D eigenvalue weighted by Crippen LogP contribution is 2.45. The summed E-state index contributed by atoms with van der Waals surface area (Å²) in [4.78, 5) is 0. The molecule has 0 aliphatic heterocycles. The Morgan fingerprint density at radius 1 is 0.646 bits per heavy atom. The quantitative estimate of drug-likeness (QED) is 0.120. The molecular weight excluding hydrogens is 601 g/mol. The van der Waals surface area contributed by atoms with Crippen LogP contribution < -0.4 is 0 Å². The lowest BCUT2D eigenvalue weighted by Crippen LogP contribution is -2.25. The number of halogens is 3. The normalized spacial score (nSPS) is 21.6. The van der Waals surface area contributed by atoms with Crippen LogP contribution in [0.25, 0.3) is 22.3 Å². The smallest absolute Gasteiger partial charge is 0.166 e. The summed E-state index contributed by atoms with van der Waals surface area (Å²) in [5, 5.41) is 8.88. The third kappa shape index (κ3) is 9.79. The van der Waals surface area contributed by atoms with Crippen molar-refractivity contribution in [2.24, 2.45) is 17.8 Å². The van der Waals surface area contributed by atoms with Gasteiger partial charge < -0.3 is 5.11 Å². The van der Waals surface area contributed by atoms with Gasteiger partial charge in [-0.2, -0.15) is 0 Å². The number of unbranched alkanes of at least 4 members (excludes halogenated alkanes) is 7. The average molecular weight is 659 g/mol. The fraction of sp³-hybridized carbons (Fsp3) is 0.545. The molecule has 5 rings (SSSR count). The molecule has 2 aliphatic rings. The van der Waals surface area contributed by atoms with Gasteiger partial charge in [0.15, 0.2) is 11.6 Å². The fourth-order valence-electron chi connectivity index (χ4n) is 8.58. The van der Waals surface area contributed by atoms with Crippen LogP contribution in [-0.2, 0) is 6.42 Å². The molecule has 3 aromatic rings. The Morgan fingerprint density at radius 2 is 1.23 bits per heavy atom. The maximum Gasteiger partial charge on any atom is 0.166 e. The first kappa shape index (κ1) is 36.3. The first-order valence-electron chi connectivity index (χ1n) is 19.1. The van der Waals surface area contributed by atoms with Crippen molar-refractivity contribution in [3.05, 3.63) is 95.5 Å². The van der Waals surface area contributed by atoms with Gasteiger partial charge in [0, 0.05) is 11.1 Å². The molecule has 48 heavy (non-hydrogen) atoms. The van der Waals surface area contributed by atoms with Crippen molar-refractivity contribution in [2.45, 2.75) is 135 Å². The van der Waals surface area contributed by atoms with Gasteiger partial charge in [0.1, 0.15) is 5.82 Å². The molecule has 0 spiro atoms. The Morgan fingerprint density at radius 3 is 1.85 bits per heavy atom. The van der Waals surface area contributed by atoms with Gasteiger partial charge in [0.2, 0.25) is 0 Å². The maximum absolute atomic E-state index is 15.5. The van der Waals surface area contributed by atoms with Gasteiger partial charge in [-0.3, -0.25) is 0 Å². The van der Waals surface area contributed by atoms with Crippen LogP contribution in [-0.4, -0.2) is 5.11 Å². The first-order chi connectivity index (χ1) is 23.5. The van der Waals surface area contributed by atoms with E-state index in [9.17, 15) is 4.39 Å². The highest BCUT2D eigenvalue weighted by Gasteiger charge is 2.31. The topological polar surface area (TPSA) is 20.2 Å². The number of allylic oxidation sites excluding steroid dienone is 1. The number of rotatable bonds is 16. The van der Waals surface area contributed by atoms with E-state index in [-0.39, 0.29) is 11.4 Å². The summed E-state index contributed by atoms with van der Waals surface area (Å²) < 4.78 is 45.6. The molecule has 260 valence electrons. The van der Waals surface area contributed by atoms with E-state index in [4.69, 9.17) is 5.11 Å². The zero-order chi connectivity index (χ0) is 33.7. The number of aryl methyl sites for hydroxylation is 1. The lowest BCUT2D eigenvalue weighted by atomic mass is 9.68. The predicted molar refractivity (Wildman–Crippen MR) is 195 cm³/mol. The highest BCUT2D eigenvalue weighted by molar-refractivity contribution is 5.71. The van der Waals surface area contributed by atoms with E-state index in [1.54, 1.807) is 30.3 Å². The SMILES string of the molecule is CCCCCCCCCCc1ccc(-c2ccc(-c3ccc(C4CCC(C5CCC(CC/C=C/O)CC5)CC4)cc3F)cc2)c(F)c1F. The predicted octanol–water partition coefficient (Wildman–Crippen LogP) is 14.1. The molecule has 0 atom stereocenters. The summed E-state index contributed by atoms with van der Waals surface area (Å²) in [7, 11) is 0. The molecule has 4 heteroatoms. The van der Waals surface area contributed by atoms with Crippen molar-refractivity contribution in [2.75, 3.05) is 0 Å². The zero-order valence-electron chi connectivity index (χ0n) is 29.2. The van der Waals surface area contributed by atoms with E-state index in [1.165, 1.54) is 83.3 Å². The fourth-order valence-corrected chi connectivity index (χ4v) is 8.58. The van der Waals surface area contributed by atoms with Crippen molar-refractivity contribution in [1.29, 1.82) is 0 Å². The Bertz CT molecular complexity index is 1430. The van der Waals surface area contributed by atoms with Gasteiger partial charge >= 0.3 is 0 Å². The minimum atomic E-state index is -0.801. The first-order valence-corrected chi connectivity index (χ1v) is 19.1. The van der Waals surface area contributed by atoms with E-state index in [0.717, 1.165) is 67.4 Å². The van der Waals surface area contributed by atoms with Crippen LogP contribution in [0.4, 0.5) is 13.2 Å².